The van der Waals surface area contributed by atoms with E-state index in [0.717, 1.165) is 37.1 Å². The average molecular weight is 356 g/mol. The van der Waals surface area contributed by atoms with Crippen molar-refractivity contribution >= 4 is 6.03 Å². The molecule has 1 aliphatic rings. The smallest absolute Gasteiger partial charge is 0.317 e. The van der Waals surface area contributed by atoms with Gasteiger partial charge in [0, 0.05) is 31.4 Å². The van der Waals surface area contributed by atoms with Crippen molar-refractivity contribution in [1.82, 2.24) is 20.0 Å². The van der Waals surface area contributed by atoms with Crippen LogP contribution in [0.15, 0.2) is 24.3 Å². The van der Waals surface area contributed by atoms with Gasteiger partial charge in [0.1, 0.15) is 5.75 Å². The second-order valence-electron chi connectivity index (χ2n) is 7.13. The lowest BCUT2D eigenvalue weighted by atomic mass is 10.2. The highest BCUT2D eigenvalue weighted by Gasteiger charge is 2.32. The van der Waals surface area contributed by atoms with Crippen molar-refractivity contribution in [2.24, 2.45) is 0 Å². The molecule has 1 aliphatic carbocycles. The fourth-order valence-corrected chi connectivity index (χ4v) is 3.13. The van der Waals surface area contributed by atoms with E-state index in [-0.39, 0.29) is 11.8 Å². The number of nitrogens with one attached hydrogen (secondary N) is 1. The summed E-state index contributed by atoms with van der Waals surface area (Å²) in [5, 5.41) is 17.2. The maximum absolute atomic E-state index is 12.6. The summed E-state index contributed by atoms with van der Waals surface area (Å²) in [5.74, 6) is 0.235. The van der Waals surface area contributed by atoms with E-state index in [9.17, 15) is 9.90 Å². The summed E-state index contributed by atoms with van der Waals surface area (Å²) < 4.78 is 2.02. The topological polar surface area (TPSA) is 70.4 Å². The molecule has 2 amide bonds. The van der Waals surface area contributed by atoms with Gasteiger partial charge >= 0.3 is 6.03 Å². The molecule has 1 fully saturated rings. The minimum Gasteiger partial charge on any atom is -0.508 e. The van der Waals surface area contributed by atoms with Crippen LogP contribution in [0.1, 0.15) is 41.8 Å². The van der Waals surface area contributed by atoms with Gasteiger partial charge in [-0.1, -0.05) is 12.1 Å². The van der Waals surface area contributed by atoms with Crippen LogP contribution in [0, 0.1) is 20.8 Å². The van der Waals surface area contributed by atoms with Gasteiger partial charge in [-0.2, -0.15) is 5.10 Å². The number of phenols is 1. The number of carbonyl (C=O) groups is 1. The molecular weight excluding hydrogens is 328 g/mol. The fraction of sp³-hybridized carbons (Fsp3) is 0.500. The number of carbonyl (C=O) groups excluding carboxylic acids is 1. The number of urea groups is 1. The maximum Gasteiger partial charge on any atom is 0.317 e. The van der Waals surface area contributed by atoms with Crippen molar-refractivity contribution < 1.29 is 9.90 Å². The number of aromatic nitrogens is 2. The third kappa shape index (κ3) is 4.36. The molecule has 0 saturated heterocycles. The van der Waals surface area contributed by atoms with Gasteiger partial charge in [0.2, 0.25) is 0 Å². The Balaban J connectivity index is 1.50. The molecule has 0 spiro atoms. The molecule has 1 saturated carbocycles. The van der Waals surface area contributed by atoms with Gasteiger partial charge in [0.25, 0.3) is 0 Å². The second-order valence-corrected chi connectivity index (χ2v) is 7.13. The van der Waals surface area contributed by atoms with Crippen LogP contribution in [0.5, 0.6) is 5.75 Å². The molecule has 3 rings (SSSR count). The minimum absolute atomic E-state index is 0.0274. The van der Waals surface area contributed by atoms with Crippen molar-refractivity contribution in [1.29, 1.82) is 0 Å². The number of aromatic hydroxyl groups is 1. The lowest BCUT2D eigenvalue weighted by Gasteiger charge is -2.23. The highest BCUT2D eigenvalue weighted by molar-refractivity contribution is 5.74. The predicted octanol–water partition coefficient (Wildman–Crippen LogP) is 3.28. The van der Waals surface area contributed by atoms with Gasteiger partial charge in [-0.15, -0.1) is 0 Å². The first-order valence-electron chi connectivity index (χ1n) is 9.28. The molecule has 2 N–H and O–H groups in total. The first-order chi connectivity index (χ1) is 12.5. The number of phenolic OH excluding ortho intramolecular Hbond substituents is 1. The summed E-state index contributed by atoms with van der Waals surface area (Å²) in [6, 6.07) is 7.40. The normalized spacial score (nSPS) is 13.7. The van der Waals surface area contributed by atoms with Crippen LogP contribution in [0.3, 0.4) is 0 Å². The first-order valence-corrected chi connectivity index (χ1v) is 9.28. The molecule has 26 heavy (non-hydrogen) atoms. The lowest BCUT2D eigenvalue weighted by molar-refractivity contribution is 0.191. The number of benzene rings is 1. The maximum atomic E-state index is 12.6. The number of hydrogen-bond acceptors (Lipinski definition) is 3. The van der Waals surface area contributed by atoms with Crippen LogP contribution in [0.4, 0.5) is 4.79 Å². The Morgan fingerprint density at radius 2 is 2.12 bits per heavy atom. The Labute approximate surface area is 154 Å². The van der Waals surface area contributed by atoms with E-state index in [0.29, 0.717) is 19.1 Å². The molecule has 0 unspecified atom stereocenters. The molecule has 0 aliphatic heterocycles. The molecular formula is C20H28N4O2. The van der Waals surface area contributed by atoms with E-state index in [1.54, 1.807) is 12.1 Å². The van der Waals surface area contributed by atoms with Crippen LogP contribution < -0.4 is 5.32 Å². The minimum atomic E-state index is -0.0274. The third-order valence-corrected chi connectivity index (χ3v) is 5.08. The number of rotatable bonds is 7. The molecule has 0 radical (unpaired) electrons. The zero-order valence-electron chi connectivity index (χ0n) is 15.8. The molecule has 140 valence electrons. The van der Waals surface area contributed by atoms with Crippen LogP contribution in [0.2, 0.25) is 0 Å². The van der Waals surface area contributed by atoms with Gasteiger partial charge in [-0.3, -0.25) is 4.68 Å². The number of nitrogens with zero attached hydrogens (tertiary/aromatic N) is 3. The van der Waals surface area contributed by atoms with Gasteiger partial charge in [0.15, 0.2) is 0 Å². The molecule has 6 heteroatoms. The quantitative estimate of drug-likeness (QED) is 0.748. The van der Waals surface area contributed by atoms with Crippen molar-refractivity contribution in [3.8, 4) is 5.75 Å². The molecule has 6 nitrogen and oxygen atoms in total. The predicted molar refractivity (Wildman–Crippen MR) is 101 cm³/mol. The highest BCUT2D eigenvalue weighted by Crippen LogP contribution is 2.28. The lowest BCUT2D eigenvalue weighted by Crippen LogP contribution is -2.41. The molecule has 0 bridgehead atoms. The van der Waals surface area contributed by atoms with Gasteiger partial charge in [-0.25, -0.2) is 4.79 Å². The summed E-state index contributed by atoms with van der Waals surface area (Å²) in [4.78, 5) is 14.5. The Morgan fingerprint density at radius 1 is 1.35 bits per heavy atom. The molecule has 1 aromatic heterocycles. The number of amides is 2. The van der Waals surface area contributed by atoms with E-state index >= 15 is 0 Å². The molecule has 1 heterocycles. The van der Waals surface area contributed by atoms with Gasteiger partial charge in [-0.05, 0) is 63.3 Å². The zero-order valence-corrected chi connectivity index (χ0v) is 15.8. The molecule has 1 aromatic carbocycles. The van der Waals surface area contributed by atoms with E-state index in [1.165, 1.54) is 11.3 Å². The second kappa shape index (κ2) is 7.81. The summed E-state index contributed by atoms with van der Waals surface area (Å²) in [7, 11) is 0. The van der Waals surface area contributed by atoms with Crippen molar-refractivity contribution in [3.63, 3.8) is 0 Å². The van der Waals surface area contributed by atoms with Gasteiger partial charge < -0.3 is 15.3 Å². The largest absolute Gasteiger partial charge is 0.508 e. The highest BCUT2D eigenvalue weighted by atomic mass is 16.3. The summed E-state index contributed by atoms with van der Waals surface area (Å²) in [6.07, 6.45) is 2.95. The van der Waals surface area contributed by atoms with E-state index in [1.807, 2.05) is 28.6 Å². The molecule has 0 atom stereocenters. The Bertz CT molecular complexity index is 780. The van der Waals surface area contributed by atoms with E-state index in [2.05, 4.69) is 24.3 Å². The first kappa shape index (κ1) is 18.3. The van der Waals surface area contributed by atoms with Crippen LogP contribution >= 0.6 is 0 Å². The summed E-state index contributed by atoms with van der Waals surface area (Å²) in [6.45, 7) is 8.15. The summed E-state index contributed by atoms with van der Waals surface area (Å²) >= 11 is 0. The Kier molecular flexibility index (Phi) is 5.49. The monoisotopic (exact) mass is 356 g/mol. The summed E-state index contributed by atoms with van der Waals surface area (Å²) in [5.41, 5.74) is 4.44. The van der Waals surface area contributed by atoms with Crippen molar-refractivity contribution in [3.05, 3.63) is 46.8 Å². The number of aryl methyl sites for hydroxylation is 2. The molecule has 2 aromatic rings. The zero-order chi connectivity index (χ0) is 18.7. The Morgan fingerprint density at radius 3 is 2.73 bits per heavy atom. The fourth-order valence-electron chi connectivity index (χ4n) is 3.13. The number of hydrogen-bond donors (Lipinski definition) is 2. The third-order valence-electron chi connectivity index (χ3n) is 5.08. The standard InChI is InChI=1S/C20H28N4O2/c1-14-15(2)22-24(16(14)3)11-5-10-21-20(26)23(18-8-9-18)13-17-6-4-7-19(25)12-17/h4,6-7,12,18,25H,5,8-11,13H2,1-3H3,(H,21,26). The van der Waals surface area contributed by atoms with E-state index in [4.69, 9.17) is 0 Å². The van der Waals surface area contributed by atoms with Gasteiger partial charge in [0.05, 0.1) is 5.69 Å². The average Bonchev–Trinajstić information content (AvgIpc) is 3.42. The van der Waals surface area contributed by atoms with Crippen molar-refractivity contribution in [2.45, 2.75) is 59.2 Å². The van der Waals surface area contributed by atoms with Crippen LogP contribution in [0.25, 0.3) is 0 Å². The van der Waals surface area contributed by atoms with Crippen molar-refractivity contribution in [2.75, 3.05) is 6.54 Å². The van der Waals surface area contributed by atoms with Crippen LogP contribution in [-0.4, -0.2) is 38.4 Å². The van der Waals surface area contributed by atoms with E-state index < -0.39 is 0 Å². The SMILES string of the molecule is Cc1nn(CCCNC(=O)N(Cc2cccc(O)c2)C2CC2)c(C)c1C. The van der Waals surface area contributed by atoms with Crippen LogP contribution in [-0.2, 0) is 13.1 Å². The Hall–Kier alpha value is -2.50.